The molecular formula is C19H16BrN5O2. The van der Waals surface area contributed by atoms with Crippen molar-refractivity contribution >= 4 is 39.1 Å². The highest BCUT2D eigenvalue weighted by Crippen LogP contribution is 2.28. The molecular weight excluding hydrogens is 410 g/mol. The third-order valence-corrected chi connectivity index (χ3v) is 4.89. The standard InChI is InChI=1S/C19H16BrN5O2/c20-14-2-1-3-16(9-14)25-11-13(8-18(25)26)19(27)23-15-4-5-17(22-10-15)24-7-6-21-12-24/h1-7,9-10,12-13H,8,11H2,(H,23,27)/t13-/m1/s1. The second-order valence-electron chi connectivity index (χ2n) is 6.25. The Labute approximate surface area is 164 Å². The Kier molecular flexibility index (Phi) is 4.72. The summed E-state index contributed by atoms with van der Waals surface area (Å²) >= 11 is 3.41. The molecule has 27 heavy (non-hydrogen) atoms. The van der Waals surface area contributed by atoms with Crippen LogP contribution in [0.3, 0.4) is 0 Å². The lowest BCUT2D eigenvalue weighted by molar-refractivity contribution is -0.122. The molecule has 8 heteroatoms. The molecule has 3 aromatic rings. The third kappa shape index (κ3) is 3.75. The van der Waals surface area contributed by atoms with Gasteiger partial charge in [0.2, 0.25) is 11.8 Å². The first-order valence-corrected chi connectivity index (χ1v) is 9.20. The first-order chi connectivity index (χ1) is 13.1. The molecule has 0 bridgehead atoms. The second kappa shape index (κ2) is 7.32. The SMILES string of the molecule is O=C(Nc1ccc(-n2ccnc2)nc1)[C@@H]1CC(=O)N(c2cccc(Br)c2)C1. The molecule has 1 atom stereocenters. The summed E-state index contributed by atoms with van der Waals surface area (Å²) in [5.74, 6) is 0.0760. The molecule has 1 saturated heterocycles. The van der Waals surface area contributed by atoms with E-state index >= 15 is 0 Å². The van der Waals surface area contributed by atoms with Gasteiger partial charge in [-0.3, -0.25) is 14.2 Å². The van der Waals surface area contributed by atoms with E-state index in [0.717, 1.165) is 10.2 Å². The Morgan fingerprint density at radius 3 is 2.85 bits per heavy atom. The van der Waals surface area contributed by atoms with Gasteiger partial charge >= 0.3 is 0 Å². The average Bonchev–Trinajstić information content (AvgIpc) is 3.32. The Morgan fingerprint density at radius 1 is 1.26 bits per heavy atom. The molecule has 136 valence electrons. The van der Waals surface area contributed by atoms with Crippen molar-refractivity contribution in [3.05, 3.63) is 65.8 Å². The number of rotatable bonds is 4. The van der Waals surface area contributed by atoms with Crippen LogP contribution in [-0.4, -0.2) is 32.9 Å². The average molecular weight is 426 g/mol. The van der Waals surface area contributed by atoms with Crippen LogP contribution in [0.15, 0.2) is 65.8 Å². The van der Waals surface area contributed by atoms with Crippen LogP contribution in [0.4, 0.5) is 11.4 Å². The maximum absolute atomic E-state index is 12.6. The van der Waals surface area contributed by atoms with E-state index in [2.05, 4.69) is 31.2 Å². The number of carbonyl (C=O) groups is 2. The van der Waals surface area contributed by atoms with Gasteiger partial charge in [-0.05, 0) is 30.3 Å². The van der Waals surface area contributed by atoms with Crippen LogP contribution in [0.5, 0.6) is 0 Å². The first kappa shape index (κ1) is 17.4. The fourth-order valence-electron chi connectivity index (χ4n) is 3.03. The van der Waals surface area contributed by atoms with E-state index in [1.807, 2.05) is 24.3 Å². The fraction of sp³-hybridized carbons (Fsp3) is 0.158. The van der Waals surface area contributed by atoms with Crippen LogP contribution in [0.2, 0.25) is 0 Å². The molecule has 4 rings (SSSR count). The van der Waals surface area contributed by atoms with Crippen LogP contribution < -0.4 is 10.2 Å². The lowest BCUT2D eigenvalue weighted by Crippen LogP contribution is -2.28. The summed E-state index contributed by atoms with van der Waals surface area (Å²) in [4.78, 5) is 34.9. The highest BCUT2D eigenvalue weighted by atomic mass is 79.9. The monoisotopic (exact) mass is 425 g/mol. The maximum atomic E-state index is 12.6. The molecule has 1 aromatic carbocycles. The molecule has 1 N–H and O–H groups in total. The van der Waals surface area contributed by atoms with Gasteiger partial charge in [0.05, 0.1) is 17.8 Å². The number of anilines is 2. The summed E-state index contributed by atoms with van der Waals surface area (Å²) in [5.41, 5.74) is 1.38. The number of halogens is 1. The van der Waals surface area contributed by atoms with Crippen molar-refractivity contribution in [2.75, 3.05) is 16.8 Å². The summed E-state index contributed by atoms with van der Waals surface area (Å²) in [6.45, 7) is 0.363. The zero-order valence-electron chi connectivity index (χ0n) is 14.2. The summed E-state index contributed by atoms with van der Waals surface area (Å²) in [6, 6.07) is 11.1. The third-order valence-electron chi connectivity index (χ3n) is 4.40. The molecule has 0 aliphatic carbocycles. The number of hydrogen-bond donors (Lipinski definition) is 1. The summed E-state index contributed by atoms with van der Waals surface area (Å²) in [7, 11) is 0. The number of pyridine rings is 1. The molecule has 2 aromatic heterocycles. The van der Waals surface area contributed by atoms with Gasteiger partial charge in [0, 0.05) is 35.5 Å². The number of hydrogen-bond acceptors (Lipinski definition) is 4. The molecule has 3 heterocycles. The summed E-state index contributed by atoms with van der Waals surface area (Å²) in [5, 5.41) is 2.85. The zero-order valence-corrected chi connectivity index (χ0v) is 15.8. The van der Waals surface area contributed by atoms with E-state index in [1.165, 1.54) is 0 Å². The summed E-state index contributed by atoms with van der Waals surface area (Å²) < 4.78 is 2.67. The molecule has 0 radical (unpaired) electrons. The minimum Gasteiger partial charge on any atom is -0.324 e. The Balaban J connectivity index is 1.42. The Morgan fingerprint density at radius 2 is 2.15 bits per heavy atom. The van der Waals surface area contributed by atoms with Gasteiger partial charge in [-0.15, -0.1) is 0 Å². The number of benzene rings is 1. The van der Waals surface area contributed by atoms with Gasteiger partial charge in [-0.25, -0.2) is 9.97 Å². The van der Waals surface area contributed by atoms with Crippen LogP contribution in [-0.2, 0) is 9.59 Å². The lowest BCUT2D eigenvalue weighted by Gasteiger charge is -2.17. The molecule has 1 aliphatic heterocycles. The normalized spacial score (nSPS) is 16.6. The highest BCUT2D eigenvalue weighted by molar-refractivity contribution is 9.10. The van der Waals surface area contributed by atoms with Crippen LogP contribution in [0.1, 0.15) is 6.42 Å². The predicted octanol–water partition coefficient (Wildman–Crippen LogP) is 3.02. The topological polar surface area (TPSA) is 80.1 Å². The largest absolute Gasteiger partial charge is 0.324 e. The Hall–Kier alpha value is -3.00. The number of carbonyl (C=O) groups excluding carboxylic acids is 2. The molecule has 0 unspecified atom stereocenters. The molecule has 0 spiro atoms. The van der Waals surface area contributed by atoms with Crippen LogP contribution >= 0.6 is 15.9 Å². The van der Waals surface area contributed by atoms with E-state index in [4.69, 9.17) is 0 Å². The van der Waals surface area contributed by atoms with E-state index in [1.54, 1.807) is 46.5 Å². The van der Waals surface area contributed by atoms with Crippen molar-refractivity contribution in [1.82, 2.24) is 14.5 Å². The number of imidazole rings is 1. The molecule has 2 amide bonds. The van der Waals surface area contributed by atoms with Crippen molar-refractivity contribution in [3.8, 4) is 5.82 Å². The van der Waals surface area contributed by atoms with Crippen LogP contribution in [0, 0.1) is 5.92 Å². The smallest absolute Gasteiger partial charge is 0.229 e. The first-order valence-electron chi connectivity index (χ1n) is 8.41. The number of amides is 2. The number of nitrogens with one attached hydrogen (secondary N) is 1. The summed E-state index contributed by atoms with van der Waals surface area (Å²) in [6.07, 6.45) is 6.91. The van der Waals surface area contributed by atoms with Crippen molar-refractivity contribution in [1.29, 1.82) is 0 Å². The number of aromatic nitrogens is 3. The van der Waals surface area contributed by atoms with Gasteiger partial charge in [-0.2, -0.15) is 0 Å². The highest BCUT2D eigenvalue weighted by Gasteiger charge is 2.35. The van der Waals surface area contributed by atoms with Crippen molar-refractivity contribution < 1.29 is 9.59 Å². The van der Waals surface area contributed by atoms with Gasteiger partial charge in [0.15, 0.2) is 0 Å². The van der Waals surface area contributed by atoms with E-state index in [0.29, 0.717) is 18.1 Å². The second-order valence-corrected chi connectivity index (χ2v) is 7.17. The lowest BCUT2D eigenvalue weighted by atomic mass is 10.1. The number of nitrogens with zero attached hydrogens (tertiary/aromatic N) is 4. The van der Waals surface area contributed by atoms with Crippen LogP contribution in [0.25, 0.3) is 5.82 Å². The van der Waals surface area contributed by atoms with Gasteiger partial charge in [0.1, 0.15) is 12.1 Å². The van der Waals surface area contributed by atoms with Crippen molar-refractivity contribution in [3.63, 3.8) is 0 Å². The molecule has 7 nitrogen and oxygen atoms in total. The molecule has 1 fully saturated rings. The maximum Gasteiger partial charge on any atom is 0.229 e. The van der Waals surface area contributed by atoms with E-state index in [-0.39, 0.29) is 18.2 Å². The fourth-order valence-corrected chi connectivity index (χ4v) is 3.42. The molecule has 1 aliphatic rings. The minimum absolute atomic E-state index is 0.0539. The van der Waals surface area contributed by atoms with Gasteiger partial charge in [-0.1, -0.05) is 22.0 Å². The van der Waals surface area contributed by atoms with Crippen molar-refractivity contribution in [2.24, 2.45) is 5.92 Å². The Bertz CT molecular complexity index is 972. The van der Waals surface area contributed by atoms with Crippen molar-refractivity contribution in [2.45, 2.75) is 6.42 Å². The predicted molar refractivity (Wildman–Crippen MR) is 105 cm³/mol. The quantitative estimate of drug-likeness (QED) is 0.696. The minimum atomic E-state index is -0.398. The van der Waals surface area contributed by atoms with Gasteiger partial charge < -0.3 is 10.2 Å². The zero-order chi connectivity index (χ0) is 18.8. The van der Waals surface area contributed by atoms with Gasteiger partial charge in [0.25, 0.3) is 0 Å². The van der Waals surface area contributed by atoms with E-state index in [9.17, 15) is 9.59 Å². The molecule has 0 saturated carbocycles. The van der Waals surface area contributed by atoms with E-state index < -0.39 is 5.92 Å².